The molecule has 5 heterocycles. The average molecular weight is 879 g/mol. The van der Waals surface area contributed by atoms with E-state index in [1.54, 1.807) is 0 Å². The van der Waals surface area contributed by atoms with Crippen molar-refractivity contribution in [2.24, 2.45) is 0 Å². The summed E-state index contributed by atoms with van der Waals surface area (Å²) < 4.78 is 13.1. The first kappa shape index (κ1) is 40.9. The van der Waals surface area contributed by atoms with E-state index in [1.165, 1.54) is 16.1 Å². The van der Waals surface area contributed by atoms with E-state index in [2.05, 4.69) is 162 Å². The third-order valence-corrected chi connectivity index (χ3v) is 18.6. The fraction of sp³-hybridized carbons (Fsp3) is 0.264. The smallest absolute Gasteiger partial charge is 0.340 e. The molecule has 0 saturated carbocycles. The van der Waals surface area contributed by atoms with Crippen LogP contribution >= 0.6 is 0 Å². The lowest BCUT2D eigenvalue weighted by atomic mass is 9.79. The maximum atomic E-state index is 13.6. The third kappa shape index (κ3) is 6.85. The molecule has 2 aromatic heterocycles. The van der Waals surface area contributed by atoms with Crippen LogP contribution in [0.1, 0.15) is 33.5 Å². The molecule has 0 bridgehead atoms. The fourth-order valence-corrected chi connectivity index (χ4v) is 14.7. The molecule has 0 amide bonds. The van der Waals surface area contributed by atoms with Gasteiger partial charge in [-0.2, -0.15) is 0 Å². The molecule has 65 heavy (non-hydrogen) atoms. The maximum Gasteiger partial charge on any atom is 0.340 e. The van der Waals surface area contributed by atoms with Crippen molar-refractivity contribution in [3.63, 3.8) is 0 Å². The molecule has 3 aliphatic heterocycles. The van der Waals surface area contributed by atoms with E-state index in [0.29, 0.717) is 12.2 Å². The van der Waals surface area contributed by atoms with Crippen LogP contribution in [0.3, 0.4) is 0 Å². The van der Waals surface area contributed by atoms with Crippen LogP contribution in [0.4, 0.5) is 17.1 Å². The normalized spacial score (nSPS) is 19.0. The molecule has 1 fully saturated rings. The maximum absolute atomic E-state index is 13.6. The van der Waals surface area contributed by atoms with E-state index in [9.17, 15) is 4.79 Å². The molecule has 3 aliphatic rings. The standard InChI is InChI=1S/C53H54N8O3Si/c1-58(2)36-15-20-42-48(32-36)65(6,49-33-37(59(3)4)16-21-43(49)53(42)41-11-8-7-10-40(41)52(62)64-53)29-9-28-63-39-18-12-34(13-19-39)50-54-44-22-14-35(30-46(44)56-50)51-55-45-23-17-38(31-47(45)57-51)61-26-24-60(5)25-27-61/h7-8,10-23,30-33H,9,24-29H2,1-6H3,(H,54,56)(H,55,57). The van der Waals surface area contributed by atoms with Gasteiger partial charge in [-0.3, -0.25) is 0 Å². The Balaban J connectivity index is 0.820. The Morgan fingerprint density at radius 3 is 1.95 bits per heavy atom. The van der Waals surface area contributed by atoms with Crippen molar-refractivity contribution in [2.45, 2.75) is 24.6 Å². The number of anilines is 3. The van der Waals surface area contributed by atoms with Crippen molar-refractivity contribution in [2.75, 3.05) is 82.7 Å². The molecule has 0 aliphatic carbocycles. The van der Waals surface area contributed by atoms with Gasteiger partial charge in [0.1, 0.15) is 25.5 Å². The number of nitrogens with zero attached hydrogens (tertiary/aromatic N) is 6. The molecule has 0 atom stereocenters. The molecule has 1 saturated heterocycles. The number of aromatic amines is 2. The van der Waals surface area contributed by atoms with E-state index in [4.69, 9.17) is 19.4 Å². The molecule has 8 aromatic rings. The Morgan fingerprint density at radius 2 is 1.29 bits per heavy atom. The summed E-state index contributed by atoms with van der Waals surface area (Å²) >= 11 is 0. The lowest BCUT2D eigenvalue weighted by Gasteiger charge is -2.45. The van der Waals surface area contributed by atoms with Gasteiger partial charge >= 0.3 is 5.97 Å². The molecular formula is C53H54N8O3Si. The van der Waals surface area contributed by atoms with Crippen molar-refractivity contribution in [1.29, 1.82) is 0 Å². The zero-order chi connectivity index (χ0) is 44.6. The summed E-state index contributed by atoms with van der Waals surface area (Å²) in [5, 5.41) is 2.60. The quantitative estimate of drug-likeness (QED) is 0.0802. The Hall–Kier alpha value is -6.89. The molecule has 328 valence electrons. The number of imidazole rings is 2. The van der Waals surface area contributed by atoms with Crippen LogP contribution in [0.2, 0.25) is 12.6 Å². The first-order valence-corrected chi connectivity index (χ1v) is 25.3. The highest BCUT2D eigenvalue weighted by atomic mass is 28.3. The Bertz CT molecular complexity index is 3070. The first-order chi connectivity index (χ1) is 31.5. The number of nitrogens with one attached hydrogen (secondary N) is 2. The lowest BCUT2D eigenvalue weighted by Crippen LogP contribution is -2.65. The number of fused-ring (bicyclic) bond motifs is 8. The van der Waals surface area contributed by atoms with Crippen LogP contribution < -0.4 is 29.8 Å². The molecule has 0 unspecified atom stereocenters. The summed E-state index contributed by atoms with van der Waals surface area (Å²) in [5.74, 6) is 2.19. The second-order valence-electron chi connectivity index (χ2n) is 18.6. The SMILES string of the molecule is CN1CCN(c2ccc3[nH]c(-c4ccc5[nH]c(-c6ccc(OCCC[Si]7(C)c8cc(N(C)C)ccc8C8(OC(=O)c9ccccc98)c8ccc(N(C)C)cc87)cc6)nc5c4)nc3c2)CC1. The number of benzene rings is 6. The topological polar surface area (TPSA) is 106 Å². The van der Waals surface area contributed by atoms with E-state index < -0.39 is 13.7 Å². The monoisotopic (exact) mass is 878 g/mol. The zero-order valence-electron chi connectivity index (χ0n) is 37.9. The minimum absolute atomic E-state index is 0.279. The molecule has 11 nitrogen and oxygen atoms in total. The van der Waals surface area contributed by atoms with Crippen molar-refractivity contribution in [1.82, 2.24) is 24.8 Å². The number of carbonyl (C=O) groups excluding carboxylic acids is 1. The van der Waals surface area contributed by atoms with Crippen LogP contribution in [0.15, 0.2) is 121 Å². The van der Waals surface area contributed by atoms with E-state index in [-0.39, 0.29) is 5.97 Å². The summed E-state index contributed by atoms with van der Waals surface area (Å²) in [5.41, 5.74) is 12.0. The van der Waals surface area contributed by atoms with Crippen molar-refractivity contribution in [3.05, 3.63) is 144 Å². The first-order valence-electron chi connectivity index (χ1n) is 22.6. The number of aromatic nitrogens is 4. The van der Waals surface area contributed by atoms with Gasteiger partial charge in [-0.15, -0.1) is 0 Å². The summed E-state index contributed by atoms with van der Waals surface area (Å²) in [6.07, 6.45) is 0.861. The van der Waals surface area contributed by atoms with Crippen LogP contribution in [0.5, 0.6) is 5.75 Å². The van der Waals surface area contributed by atoms with Crippen LogP contribution in [-0.2, 0) is 10.3 Å². The molecule has 2 N–H and O–H groups in total. The summed E-state index contributed by atoms with van der Waals surface area (Å²) in [7, 11) is 8.04. The average Bonchev–Trinajstić information content (AvgIpc) is 4.04. The number of H-pyrrole nitrogens is 2. The van der Waals surface area contributed by atoms with Crippen LogP contribution in [0.25, 0.3) is 44.8 Å². The van der Waals surface area contributed by atoms with Gasteiger partial charge in [-0.25, -0.2) is 14.8 Å². The number of ether oxygens (including phenoxy) is 2. The van der Waals surface area contributed by atoms with Gasteiger partial charge in [0.2, 0.25) is 0 Å². The van der Waals surface area contributed by atoms with Crippen LogP contribution in [0, 0.1) is 0 Å². The number of carbonyl (C=O) groups is 1. The summed E-state index contributed by atoms with van der Waals surface area (Å²) in [4.78, 5) is 39.8. The van der Waals surface area contributed by atoms with Gasteiger partial charge in [0, 0.05) is 99.2 Å². The Kier molecular flexibility index (Phi) is 9.85. The number of likely N-dealkylation sites (N-methyl/N-ethyl adjacent to an activating group) is 1. The number of hydrogen-bond donors (Lipinski definition) is 2. The highest BCUT2D eigenvalue weighted by molar-refractivity contribution is 7.02. The zero-order valence-corrected chi connectivity index (χ0v) is 38.9. The summed E-state index contributed by atoms with van der Waals surface area (Å²) in [6.45, 7) is 7.23. The lowest BCUT2D eigenvalue weighted by molar-refractivity contribution is 0.0255. The van der Waals surface area contributed by atoms with Gasteiger partial charge in [-0.05, 0) is 121 Å². The molecule has 12 heteroatoms. The number of rotatable bonds is 10. The largest absolute Gasteiger partial charge is 0.494 e. The van der Waals surface area contributed by atoms with Gasteiger partial charge in [0.15, 0.2) is 5.60 Å². The molecule has 6 aromatic carbocycles. The Morgan fingerprint density at radius 1 is 0.692 bits per heavy atom. The third-order valence-electron chi connectivity index (χ3n) is 14.1. The predicted octanol–water partition coefficient (Wildman–Crippen LogP) is 8.09. The minimum Gasteiger partial charge on any atom is -0.494 e. The number of piperazine rings is 1. The number of esters is 1. The highest BCUT2D eigenvalue weighted by Gasteiger charge is 2.57. The van der Waals surface area contributed by atoms with Crippen molar-refractivity contribution in [3.8, 4) is 28.5 Å². The van der Waals surface area contributed by atoms with Gasteiger partial charge < -0.3 is 39.0 Å². The van der Waals surface area contributed by atoms with E-state index >= 15 is 0 Å². The van der Waals surface area contributed by atoms with E-state index in [1.807, 2.05) is 30.3 Å². The molecule has 0 radical (unpaired) electrons. The molecular weight excluding hydrogens is 825 g/mol. The predicted molar refractivity (Wildman–Crippen MR) is 265 cm³/mol. The number of hydrogen-bond acceptors (Lipinski definition) is 9. The van der Waals surface area contributed by atoms with Gasteiger partial charge in [0.25, 0.3) is 0 Å². The highest BCUT2D eigenvalue weighted by Crippen LogP contribution is 2.50. The minimum atomic E-state index is -2.47. The van der Waals surface area contributed by atoms with E-state index in [0.717, 1.165) is 117 Å². The molecule has 11 rings (SSSR count). The van der Waals surface area contributed by atoms with Crippen molar-refractivity contribution < 1.29 is 14.3 Å². The van der Waals surface area contributed by atoms with Crippen molar-refractivity contribution >= 4 is 63.5 Å². The second kappa shape index (κ2) is 15.7. The second-order valence-corrected chi connectivity index (χ2v) is 22.8. The summed E-state index contributed by atoms with van der Waals surface area (Å²) in [6, 6.07) is 43.3. The Labute approximate surface area is 380 Å². The fourth-order valence-electron chi connectivity index (χ4n) is 10.3. The van der Waals surface area contributed by atoms with Crippen LogP contribution in [-0.4, -0.2) is 107 Å². The molecule has 1 spiro atoms. The van der Waals surface area contributed by atoms with Gasteiger partial charge in [-0.1, -0.05) is 36.9 Å². The van der Waals surface area contributed by atoms with Gasteiger partial charge in [0.05, 0.1) is 34.2 Å².